The van der Waals surface area contributed by atoms with Gasteiger partial charge in [0.15, 0.2) is 5.96 Å². The molecule has 1 aliphatic carbocycles. The van der Waals surface area contributed by atoms with E-state index in [9.17, 15) is 13.2 Å². The Hall–Kier alpha value is -2.20. The molecule has 1 saturated carbocycles. The number of aliphatic imine (C=N–C) groups is 1. The molecule has 0 amide bonds. The monoisotopic (exact) mass is 378 g/mol. The van der Waals surface area contributed by atoms with Gasteiger partial charge < -0.3 is 10.6 Å². The van der Waals surface area contributed by atoms with Crippen LogP contribution in [-0.4, -0.2) is 49.1 Å². The smallest absolute Gasteiger partial charge is 0.352 e. The van der Waals surface area contributed by atoms with E-state index in [1.54, 1.807) is 13.1 Å². The summed E-state index contributed by atoms with van der Waals surface area (Å²) >= 11 is 0. The van der Waals surface area contributed by atoms with Crippen LogP contribution in [-0.2, 0) is 6.18 Å². The molecule has 146 valence electrons. The lowest BCUT2D eigenvalue weighted by Crippen LogP contribution is -2.44. The number of likely N-dealkylation sites (tertiary alicyclic amines) is 1. The van der Waals surface area contributed by atoms with E-state index in [4.69, 9.17) is 0 Å². The van der Waals surface area contributed by atoms with Gasteiger partial charge in [-0.1, -0.05) is 17.9 Å². The normalized spacial score (nSPS) is 23.7. The van der Waals surface area contributed by atoms with Crippen molar-refractivity contribution in [3.8, 4) is 11.8 Å². The van der Waals surface area contributed by atoms with E-state index in [1.165, 1.54) is 18.9 Å². The number of nitrogens with one attached hydrogen (secondary N) is 2. The predicted octanol–water partition coefficient (Wildman–Crippen LogP) is 2.85. The number of guanidine groups is 1. The third-order valence-corrected chi connectivity index (χ3v) is 4.97. The molecule has 2 atom stereocenters. The highest BCUT2D eigenvalue weighted by Gasteiger charge is 2.38. The second-order valence-corrected chi connectivity index (χ2v) is 7.16. The average molecular weight is 378 g/mol. The Balaban J connectivity index is 1.49. The van der Waals surface area contributed by atoms with E-state index < -0.39 is 11.7 Å². The van der Waals surface area contributed by atoms with Crippen molar-refractivity contribution in [2.24, 2.45) is 4.99 Å². The Morgan fingerprint density at radius 1 is 1.33 bits per heavy atom. The van der Waals surface area contributed by atoms with Gasteiger partial charge in [0.05, 0.1) is 12.1 Å². The minimum absolute atomic E-state index is 0.310. The topological polar surface area (TPSA) is 39.7 Å². The fourth-order valence-corrected chi connectivity index (χ4v) is 3.51. The largest absolute Gasteiger partial charge is 0.416 e. The molecule has 0 radical (unpaired) electrons. The van der Waals surface area contributed by atoms with Crippen LogP contribution in [0.15, 0.2) is 29.3 Å². The molecule has 2 aliphatic rings. The summed E-state index contributed by atoms with van der Waals surface area (Å²) in [4.78, 5) is 6.77. The van der Waals surface area contributed by atoms with Gasteiger partial charge in [-0.15, -0.1) is 0 Å². The summed E-state index contributed by atoms with van der Waals surface area (Å²) in [6, 6.07) is 6.72. The van der Waals surface area contributed by atoms with Gasteiger partial charge >= 0.3 is 6.18 Å². The third-order valence-electron chi connectivity index (χ3n) is 4.97. The summed E-state index contributed by atoms with van der Waals surface area (Å²) in [5.41, 5.74) is -0.338. The van der Waals surface area contributed by atoms with Crippen molar-refractivity contribution in [2.45, 2.75) is 50.5 Å². The van der Waals surface area contributed by atoms with Crippen molar-refractivity contribution in [1.82, 2.24) is 15.5 Å². The van der Waals surface area contributed by atoms with Crippen LogP contribution in [0.2, 0.25) is 0 Å². The van der Waals surface area contributed by atoms with Crippen LogP contribution in [0.5, 0.6) is 0 Å². The summed E-state index contributed by atoms with van der Waals surface area (Å²) in [5.74, 6) is 6.29. The Bertz CT molecular complexity index is 744. The fourth-order valence-electron chi connectivity index (χ4n) is 3.51. The first-order chi connectivity index (χ1) is 12.9. The lowest BCUT2D eigenvalue weighted by molar-refractivity contribution is -0.137. The second-order valence-electron chi connectivity index (χ2n) is 7.16. The molecule has 2 fully saturated rings. The molecule has 1 aromatic rings. The Kier molecular flexibility index (Phi) is 5.95. The Morgan fingerprint density at radius 2 is 2.11 bits per heavy atom. The van der Waals surface area contributed by atoms with Crippen LogP contribution in [0.4, 0.5) is 13.2 Å². The van der Waals surface area contributed by atoms with E-state index in [0.717, 1.165) is 31.1 Å². The van der Waals surface area contributed by atoms with Crippen LogP contribution in [0.25, 0.3) is 0 Å². The molecular weight excluding hydrogens is 353 g/mol. The number of rotatable bonds is 3. The van der Waals surface area contributed by atoms with Crippen molar-refractivity contribution in [3.05, 3.63) is 35.4 Å². The minimum atomic E-state index is -4.35. The highest BCUT2D eigenvalue weighted by atomic mass is 19.4. The van der Waals surface area contributed by atoms with Gasteiger partial charge in [0, 0.05) is 37.3 Å². The Labute approximate surface area is 158 Å². The molecule has 7 heteroatoms. The summed E-state index contributed by atoms with van der Waals surface area (Å²) in [5, 5.41) is 6.53. The lowest BCUT2D eigenvalue weighted by Gasteiger charge is -2.20. The quantitative estimate of drug-likeness (QED) is 0.483. The first kappa shape index (κ1) is 19.6. The van der Waals surface area contributed by atoms with Crippen molar-refractivity contribution >= 4 is 5.96 Å². The number of hydrogen-bond donors (Lipinski definition) is 2. The number of benzene rings is 1. The van der Waals surface area contributed by atoms with Gasteiger partial charge in [-0.3, -0.25) is 9.89 Å². The third kappa shape index (κ3) is 5.39. The van der Waals surface area contributed by atoms with Gasteiger partial charge in [0.2, 0.25) is 0 Å². The molecule has 1 saturated heterocycles. The molecule has 4 nitrogen and oxygen atoms in total. The van der Waals surface area contributed by atoms with Crippen molar-refractivity contribution < 1.29 is 13.2 Å². The zero-order valence-corrected chi connectivity index (χ0v) is 15.6. The van der Waals surface area contributed by atoms with Crippen LogP contribution in [0.3, 0.4) is 0 Å². The maximum absolute atomic E-state index is 12.7. The maximum Gasteiger partial charge on any atom is 0.416 e. The predicted molar refractivity (Wildman–Crippen MR) is 100 cm³/mol. The maximum atomic E-state index is 12.7. The highest BCUT2D eigenvalue weighted by molar-refractivity contribution is 5.80. The van der Waals surface area contributed by atoms with E-state index in [-0.39, 0.29) is 0 Å². The van der Waals surface area contributed by atoms with E-state index in [2.05, 4.69) is 39.3 Å². The molecule has 1 aliphatic heterocycles. The highest BCUT2D eigenvalue weighted by Crippen LogP contribution is 2.33. The molecule has 1 aromatic carbocycles. The minimum Gasteiger partial charge on any atom is -0.352 e. The van der Waals surface area contributed by atoms with Crippen LogP contribution >= 0.6 is 0 Å². The van der Waals surface area contributed by atoms with Crippen LogP contribution < -0.4 is 10.6 Å². The molecular formula is C20H25F3N4. The summed E-state index contributed by atoms with van der Waals surface area (Å²) in [6.45, 7) is 3.59. The lowest BCUT2D eigenvalue weighted by atomic mass is 10.1. The molecule has 3 rings (SSSR count). The summed E-state index contributed by atoms with van der Waals surface area (Å²) in [6.07, 6.45) is -0.674. The molecule has 2 N–H and O–H groups in total. The summed E-state index contributed by atoms with van der Waals surface area (Å²) < 4.78 is 38.2. The van der Waals surface area contributed by atoms with Gasteiger partial charge in [-0.2, -0.15) is 13.2 Å². The van der Waals surface area contributed by atoms with Gasteiger partial charge in [-0.05, 0) is 44.4 Å². The molecule has 1 heterocycles. The van der Waals surface area contributed by atoms with Crippen LogP contribution in [0, 0.1) is 11.8 Å². The van der Waals surface area contributed by atoms with E-state index in [1.807, 2.05) is 0 Å². The summed E-state index contributed by atoms with van der Waals surface area (Å²) in [7, 11) is 1.70. The van der Waals surface area contributed by atoms with Crippen molar-refractivity contribution in [3.63, 3.8) is 0 Å². The first-order valence-electron chi connectivity index (χ1n) is 9.26. The number of halogens is 3. The average Bonchev–Trinajstić information content (AvgIpc) is 3.40. The standard InChI is InChI=1S/C20H25F3N4/c1-14-11-17(13-27(14)18-8-9-18)26-19(24-2)25-10-4-6-15-5-3-7-16(12-15)20(21,22)23/h3,5,7,12,14,17-18H,8-11,13H2,1-2H3,(H2,24,25,26). The van der Waals surface area contributed by atoms with Crippen LogP contribution in [0.1, 0.15) is 37.3 Å². The fraction of sp³-hybridized carbons (Fsp3) is 0.550. The SMILES string of the molecule is CN=C(NCC#Cc1cccc(C(F)(F)F)c1)NC1CC(C)N(C2CC2)C1. The van der Waals surface area contributed by atoms with E-state index >= 15 is 0 Å². The zero-order chi connectivity index (χ0) is 19.4. The molecule has 0 aromatic heterocycles. The Morgan fingerprint density at radius 3 is 2.78 bits per heavy atom. The van der Waals surface area contributed by atoms with Crippen molar-refractivity contribution in [2.75, 3.05) is 20.1 Å². The molecule has 27 heavy (non-hydrogen) atoms. The number of alkyl halides is 3. The molecule has 0 bridgehead atoms. The molecule has 0 spiro atoms. The molecule has 2 unspecified atom stereocenters. The van der Waals surface area contributed by atoms with Gasteiger partial charge in [0.1, 0.15) is 0 Å². The van der Waals surface area contributed by atoms with Gasteiger partial charge in [0.25, 0.3) is 0 Å². The van der Waals surface area contributed by atoms with E-state index in [0.29, 0.717) is 30.2 Å². The van der Waals surface area contributed by atoms with Gasteiger partial charge in [-0.25, -0.2) is 0 Å². The number of nitrogens with zero attached hydrogens (tertiary/aromatic N) is 2. The first-order valence-corrected chi connectivity index (χ1v) is 9.26. The number of hydrogen-bond acceptors (Lipinski definition) is 2. The second kappa shape index (κ2) is 8.22. The zero-order valence-electron chi connectivity index (χ0n) is 15.6. The van der Waals surface area contributed by atoms with Crippen molar-refractivity contribution in [1.29, 1.82) is 0 Å².